The van der Waals surface area contributed by atoms with Crippen molar-refractivity contribution in [1.82, 2.24) is 19.9 Å². The number of nitrogens with zero attached hydrogens (tertiary/aromatic N) is 5. The molecule has 37 heavy (non-hydrogen) atoms. The van der Waals surface area contributed by atoms with Crippen LogP contribution in [0.2, 0.25) is 0 Å². The molecule has 1 saturated heterocycles. The summed E-state index contributed by atoms with van der Waals surface area (Å²) in [5, 5.41) is 8.73. The third-order valence-corrected chi connectivity index (χ3v) is 7.89. The van der Waals surface area contributed by atoms with Gasteiger partial charge in [0.1, 0.15) is 23.0 Å². The Labute approximate surface area is 216 Å². The molecule has 192 valence electrons. The number of hydrogen-bond acceptors (Lipinski definition) is 8. The molecular formula is C27H29N5O4S. The van der Waals surface area contributed by atoms with Crippen molar-refractivity contribution in [2.75, 3.05) is 39.3 Å². The zero-order valence-corrected chi connectivity index (χ0v) is 21.6. The van der Waals surface area contributed by atoms with E-state index in [0.717, 1.165) is 22.4 Å². The number of para-hydroxylation sites is 1. The molecule has 9 nitrogen and oxygen atoms in total. The van der Waals surface area contributed by atoms with E-state index in [1.54, 1.807) is 36.1 Å². The van der Waals surface area contributed by atoms with E-state index in [1.807, 2.05) is 55.5 Å². The summed E-state index contributed by atoms with van der Waals surface area (Å²) < 4.78 is 39.2. The molecule has 0 radical (unpaired) electrons. The highest BCUT2D eigenvalue weighted by Crippen LogP contribution is 2.28. The Hall–Kier alpha value is -3.60. The number of methoxy groups -OCH3 is 1. The van der Waals surface area contributed by atoms with Gasteiger partial charge in [-0.2, -0.15) is 4.68 Å². The Morgan fingerprint density at radius 1 is 1.03 bits per heavy atom. The predicted octanol–water partition coefficient (Wildman–Crippen LogP) is 3.50. The smallest absolute Gasteiger partial charge is 0.198 e. The second-order valence-corrected chi connectivity index (χ2v) is 10.8. The number of rotatable bonds is 7. The summed E-state index contributed by atoms with van der Waals surface area (Å²) in [6.45, 7) is 4.38. The average molecular weight is 520 g/mol. The monoisotopic (exact) mass is 519 g/mol. The summed E-state index contributed by atoms with van der Waals surface area (Å²) in [6, 6.07) is 21.7. The minimum Gasteiger partial charge on any atom is -0.497 e. The van der Waals surface area contributed by atoms with Crippen molar-refractivity contribution in [3.8, 4) is 5.75 Å². The Morgan fingerprint density at radius 2 is 1.73 bits per heavy atom. The van der Waals surface area contributed by atoms with Crippen LogP contribution in [-0.2, 0) is 14.6 Å². The summed E-state index contributed by atoms with van der Waals surface area (Å²) in [4.78, 5) is 7.23. The fourth-order valence-corrected chi connectivity index (χ4v) is 5.43. The van der Waals surface area contributed by atoms with E-state index in [4.69, 9.17) is 14.5 Å². The number of aliphatic imine (C=N–C) groups is 1. The van der Waals surface area contributed by atoms with Crippen LogP contribution in [0.3, 0.4) is 0 Å². The first kappa shape index (κ1) is 25.1. The number of ether oxygens (including phenoxy) is 2. The maximum Gasteiger partial charge on any atom is 0.198 e. The van der Waals surface area contributed by atoms with Crippen molar-refractivity contribution in [2.24, 2.45) is 4.99 Å². The molecule has 1 unspecified atom stereocenters. The molecule has 0 aliphatic carbocycles. The van der Waals surface area contributed by atoms with E-state index >= 15 is 0 Å². The van der Waals surface area contributed by atoms with Gasteiger partial charge in [-0.1, -0.05) is 47.2 Å². The molecule has 5 rings (SSSR count). The van der Waals surface area contributed by atoms with E-state index < -0.39 is 15.7 Å². The minimum absolute atomic E-state index is 0.233. The van der Waals surface area contributed by atoms with Crippen LogP contribution < -0.4 is 4.74 Å². The molecule has 1 fully saturated rings. The molecule has 4 aromatic rings. The molecule has 1 aliphatic heterocycles. The van der Waals surface area contributed by atoms with Crippen LogP contribution >= 0.6 is 0 Å². The van der Waals surface area contributed by atoms with Crippen LogP contribution in [0.4, 0.5) is 0 Å². The summed E-state index contributed by atoms with van der Waals surface area (Å²) in [7, 11) is -2.06. The van der Waals surface area contributed by atoms with Crippen LogP contribution in [-0.4, -0.2) is 73.4 Å². The van der Waals surface area contributed by atoms with Crippen LogP contribution in [0.1, 0.15) is 17.2 Å². The summed E-state index contributed by atoms with van der Waals surface area (Å²) >= 11 is 0. The molecule has 0 spiro atoms. The van der Waals surface area contributed by atoms with Crippen molar-refractivity contribution >= 4 is 26.7 Å². The lowest BCUT2D eigenvalue weighted by Crippen LogP contribution is -2.44. The highest BCUT2D eigenvalue weighted by atomic mass is 32.2. The van der Waals surface area contributed by atoms with Gasteiger partial charge in [0.25, 0.3) is 0 Å². The number of aryl methyl sites for hydroxylation is 1. The second-order valence-electron chi connectivity index (χ2n) is 8.89. The van der Waals surface area contributed by atoms with Crippen molar-refractivity contribution in [1.29, 1.82) is 0 Å². The Bertz CT molecular complexity index is 1490. The molecule has 3 aromatic carbocycles. The lowest BCUT2D eigenvalue weighted by atomic mass is 10.0. The summed E-state index contributed by atoms with van der Waals surface area (Å²) in [5.41, 5.74) is 3.38. The summed E-state index contributed by atoms with van der Waals surface area (Å²) in [5.74, 6) is 0.795. The van der Waals surface area contributed by atoms with Crippen LogP contribution in [0.5, 0.6) is 5.75 Å². The molecule has 0 N–H and O–H groups in total. The quantitative estimate of drug-likeness (QED) is 0.272. The summed E-state index contributed by atoms with van der Waals surface area (Å²) in [6.07, 6.45) is 0. The van der Waals surface area contributed by atoms with Gasteiger partial charge in [0.2, 0.25) is 0 Å². The Balaban J connectivity index is 1.65. The van der Waals surface area contributed by atoms with Crippen molar-refractivity contribution in [3.63, 3.8) is 0 Å². The molecule has 0 bridgehead atoms. The number of benzene rings is 3. The third kappa shape index (κ3) is 5.41. The zero-order valence-electron chi connectivity index (χ0n) is 20.8. The average Bonchev–Trinajstić information content (AvgIpc) is 3.36. The van der Waals surface area contributed by atoms with Crippen LogP contribution in [0, 0.1) is 6.92 Å². The molecule has 2 heterocycles. The Morgan fingerprint density at radius 3 is 2.43 bits per heavy atom. The van der Waals surface area contributed by atoms with Crippen molar-refractivity contribution in [3.05, 3.63) is 83.9 Å². The standard InChI is InChI=1S/C27H29N5O4S/c1-20-7-13-23(14-8-20)37(33,34)19-28-27(32-25-6-4-3-5-24(25)29-30-32)26(31-15-17-36-18-16-31)21-9-11-22(35-2)12-10-21/h3-14,26H,15-19H2,1-2H3. The molecular weight excluding hydrogens is 490 g/mol. The maximum absolute atomic E-state index is 13.3. The molecule has 0 saturated carbocycles. The van der Waals surface area contributed by atoms with Gasteiger partial charge in [-0.3, -0.25) is 9.89 Å². The van der Waals surface area contributed by atoms with Gasteiger partial charge in [-0.25, -0.2) is 8.42 Å². The largest absolute Gasteiger partial charge is 0.497 e. The molecule has 10 heteroatoms. The van der Waals surface area contributed by atoms with Crippen LogP contribution in [0.25, 0.3) is 11.0 Å². The highest BCUT2D eigenvalue weighted by molar-refractivity contribution is 7.91. The number of sulfone groups is 1. The van der Waals surface area contributed by atoms with Gasteiger partial charge in [0.05, 0.1) is 36.8 Å². The minimum atomic E-state index is -3.69. The van der Waals surface area contributed by atoms with Gasteiger partial charge in [-0.05, 0) is 48.9 Å². The second kappa shape index (κ2) is 10.8. The molecule has 0 amide bonds. The SMILES string of the molecule is COc1ccc(C(C(=NCS(=O)(=O)c2ccc(C)cc2)n2nnc3ccccc32)N2CCOCC2)cc1. The first-order valence-electron chi connectivity index (χ1n) is 12.1. The topological polar surface area (TPSA) is 98.9 Å². The Kier molecular flexibility index (Phi) is 7.31. The van der Waals surface area contributed by atoms with E-state index in [0.29, 0.717) is 37.7 Å². The van der Waals surface area contributed by atoms with E-state index in [-0.39, 0.29) is 10.9 Å². The normalized spacial score (nSPS) is 16.1. The van der Waals surface area contributed by atoms with Gasteiger partial charge in [-0.15, -0.1) is 5.10 Å². The molecule has 1 atom stereocenters. The first-order valence-corrected chi connectivity index (χ1v) is 13.7. The van der Waals surface area contributed by atoms with Gasteiger partial charge < -0.3 is 9.47 Å². The van der Waals surface area contributed by atoms with Gasteiger partial charge >= 0.3 is 0 Å². The molecule has 1 aliphatic rings. The van der Waals surface area contributed by atoms with E-state index in [9.17, 15) is 8.42 Å². The predicted molar refractivity (Wildman–Crippen MR) is 142 cm³/mol. The third-order valence-electron chi connectivity index (χ3n) is 6.43. The number of hydrogen-bond donors (Lipinski definition) is 0. The number of fused-ring (bicyclic) bond motifs is 1. The van der Waals surface area contributed by atoms with E-state index in [2.05, 4.69) is 15.2 Å². The fourth-order valence-electron chi connectivity index (χ4n) is 4.42. The zero-order chi connectivity index (χ0) is 25.8. The van der Waals surface area contributed by atoms with Crippen LogP contribution in [0.15, 0.2) is 82.7 Å². The maximum atomic E-state index is 13.3. The highest BCUT2D eigenvalue weighted by Gasteiger charge is 2.31. The van der Waals surface area contributed by atoms with Crippen molar-refractivity contribution < 1.29 is 17.9 Å². The van der Waals surface area contributed by atoms with Gasteiger partial charge in [0, 0.05) is 13.1 Å². The first-order chi connectivity index (χ1) is 18.0. The van der Waals surface area contributed by atoms with E-state index in [1.165, 1.54) is 0 Å². The lowest BCUT2D eigenvalue weighted by Gasteiger charge is -2.35. The number of morpholine rings is 1. The number of aromatic nitrogens is 3. The molecule has 1 aromatic heterocycles. The lowest BCUT2D eigenvalue weighted by molar-refractivity contribution is 0.0280. The van der Waals surface area contributed by atoms with Crippen molar-refractivity contribution in [2.45, 2.75) is 17.9 Å². The fraction of sp³-hybridized carbons (Fsp3) is 0.296. The van der Waals surface area contributed by atoms with Gasteiger partial charge in [0.15, 0.2) is 9.84 Å².